The van der Waals surface area contributed by atoms with Crippen LogP contribution in [0.25, 0.3) is 0 Å². The average molecular weight is 326 g/mol. The summed E-state index contributed by atoms with van der Waals surface area (Å²) in [4.78, 5) is 14.0. The van der Waals surface area contributed by atoms with E-state index in [0.29, 0.717) is 30.9 Å². The summed E-state index contributed by atoms with van der Waals surface area (Å²) >= 11 is 3.32. The number of amides is 1. The highest BCUT2D eigenvalue weighted by molar-refractivity contribution is 9.10. The van der Waals surface area contributed by atoms with Crippen molar-refractivity contribution in [2.75, 3.05) is 32.5 Å². The molecule has 1 amide bonds. The Hall–Kier alpha value is -1.58. The molecule has 0 radical (unpaired) electrons. The third-order valence-electron chi connectivity index (χ3n) is 2.59. The second-order valence-electron chi connectivity index (χ2n) is 3.92. The van der Waals surface area contributed by atoms with E-state index in [1.807, 2.05) is 6.07 Å². The Balaban J connectivity index is 2.91. The summed E-state index contributed by atoms with van der Waals surface area (Å²) in [5.41, 5.74) is 6.68. The summed E-state index contributed by atoms with van der Waals surface area (Å²) in [7, 11) is 1.57. The zero-order valence-corrected chi connectivity index (χ0v) is 12.3. The van der Waals surface area contributed by atoms with Gasteiger partial charge in [0.15, 0.2) is 0 Å². The van der Waals surface area contributed by atoms with Gasteiger partial charge in [-0.3, -0.25) is 4.79 Å². The number of hydrogen-bond acceptors (Lipinski definition) is 4. The van der Waals surface area contributed by atoms with E-state index in [-0.39, 0.29) is 12.3 Å². The minimum atomic E-state index is -0.189. The molecule has 1 aromatic rings. The number of methoxy groups -OCH3 is 1. The lowest BCUT2D eigenvalue weighted by molar-refractivity contribution is 0.0701. The van der Waals surface area contributed by atoms with Crippen LogP contribution in [0.3, 0.4) is 0 Å². The zero-order valence-electron chi connectivity index (χ0n) is 10.7. The van der Waals surface area contributed by atoms with Crippen LogP contribution in [-0.4, -0.2) is 37.6 Å². The highest BCUT2D eigenvalue weighted by atomic mass is 79.9. The number of hydrogen-bond donors (Lipinski definition) is 1. The first kappa shape index (κ1) is 15.5. The van der Waals surface area contributed by atoms with Crippen LogP contribution < -0.4 is 5.73 Å². The van der Waals surface area contributed by atoms with Gasteiger partial charge in [0.25, 0.3) is 5.91 Å². The van der Waals surface area contributed by atoms with E-state index in [1.54, 1.807) is 30.2 Å². The SMILES string of the molecule is COCCN(CCC#N)C(=O)c1cc(Br)ccc1N. The van der Waals surface area contributed by atoms with Crippen molar-refractivity contribution in [1.29, 1.82) is 5.26 Å². The molecule has 0 aliphatic carbocycles. The summed E-state index contributed by atoms with van der Waals surface area (Å²) in [5, 5.41) is 8.64. The number of nitrogens with zero attached hydrogens (tertiary/aromatic N) is 2. The first-order chi connectivity index (χ1) is 9.10. The molecule has 0 fully saturated rings. The van der Waals surface area contributed by atoms with Crippen LogP contribution in [0.5, 0.6) is 0 Å². The molecule has 0 saturated heterocycles. The second kappa shape index (κ2) is 7.77. The van der Waals surface area contributed by atoms with Gasteiger partial charge in [-0.25, -0.2) is 0 Å². The number of anilines is 1. The number of carbonyl (C=O) groups excluding carboxylic acids is 1. The number of rotatable bonds is 6. The van der Waals surface area contributed by atoms with Gasteiger partial charge in [0.05, 0.1) is 24.7 Å². The van der Waals surface area contributed by atoms with Crippen molar-refractivity contribution in [3.8, 4) is 6.07 Å². The lowest BCUT2D eigenvalue weighted by atomic mass is 10.1. The van der Waals surface area contributed by atoms with Crippen molar-refractivity contribution in [1.82, 2.24) is 4.90 Å². The molecule has 0 saturated carbocycles. The Bertz CT molecular complexity index is 485. The number of benzene rings is 1. The fraction of sp³-hybridized carbons (Fsp3) is 0.385. The molecular formula is C13H16BrN3O2. The van der Waals surface area contributed by atoms with Gasteiger partial charge in [0.1, 0.15) is 0 Å². The van der Waals surface area contributed by atoms with Crippen LogP contribution in [0.1, 0.15) is 16.8 Å². The number of halogens is 1. The highest BCUT2D eigenvalue weighted by Crippen LogP contribution is 2.20. The van der Waals surface area contributed by atoms with E-state index in [0.717, 1.165) is 4.47 Å². The standard InChI is InChI=1S/C13H16BrN3O2/c1-19-8-7-17(6-2-5-15)13(18)11-9-10(14)3-4-12(11)16/h3-4,9H,2,6-8,16H2,1H3. The predicted molar refractivity (Wildman–Crippen MR) is 76.6 cm³/mol. The predicted octanol–water partition coefficient (Wildman–Crippen LogP) is 2.03. The molecule has 0 aliphatic rings. The van der Waals surface area contributed by atoms with Gasteiger partial charge in [-0.1, -0.05) is 15.9 Å². The number of ether oxygens (including phenoxy) is 1. The van der Waals surface area contributed by atoms with Crippen LogP contribution in [0, 0.1) is 11.3 Å². The number of nitriles is 1. The molecule has 1 rings (SSSR count). The van der Waals surface area contributed by atoms with Gasteiger partial charge < -0.3 is 15.4 Å². The summed E-state index contributed by atoms with van der Waals surface area (Å²) < 4.78 is 5.76. The Kier molecular flexibility index (Phi) is 6.33. The average Bonchev–Trinajstić information content (AvgIpc) is 2.41. The van der Waals surface area contributed by atoms with Crippen LogP contribution in [0.15, 0.2) is 22.7 Å². The largest absolute Gasteiger partial charge is 0.398 e. The number of carbonyl (C=O) groups is 1. The molecular weight excluding hydrogens is 310 g/mol. The van der Waals surface area contributed by atoms with Gasteiger partial charge in [-0.2, -0.15) is 5.26 Å². The van der Waals surface area contributed by atoms with Crippen molar-refractivity contribution < 1.29 is 9.53 Å². The Morgan fingerprint density at radius 3 is 2.89 bits per heavy atom. The molecule has 0 unspecified atom stereocenters. The van der Waals surface area contributed by atoms with Crippen LogP contribution in [-0.2, 0) is 4.74 Å². The van der Waals surface area contributed by atoms with Crippen molar-refractivity contribution in [3.63, 3.8) is 0 Å². The van der Waals surface area contributed by atoms with E-state index >= 15 is 0 Å². The Morgan fingerprint density at radius 2 is 2.26 bits per heavy atom. The van der Waals surface area contributed by atoms with Crippen molar-refractivity contribution >= 4 is 27.5 Å². The molecule has 2 N–H and O–H groups in total. The smallest absolute Gasteiger partial charge is 0.256 e. The monoisotopic (exact) mass is 325 g/mol. The van der Waals surface area contributed by atoms with Crippen LogP contribution in [0.4, 0.5) is 5.69 Å². The molecule has 0 heterocycles. The normalized spacial score (nSPS) is 9.95. The molecule has 0 aromatic heterocycles. The van der Waals surface area contributed by atoms with Gasteiger partial charge >= 0.3 is 0 Å². The molecule has 0 atom stereocenters. The minimum Gasteiger partial charge on any atom is -0.398 e. The topological polar surface area (TPSA) is 79.3 Å². The maximum absolute atomic E-state index is 12.4. The summed E-state index contributed by atoms with van der Waals surface area (Å²) in [6.45, 7) is 1.22. The Labute approximate surface area is 121 Å². The fourth-order valence-corrected chi connectivity index (χ4v) is 1.95. The highest BCUT2D eigenvalue weighted by Gasteiger charge is 2.17. The van der Waals surface area contributed by atoms with E-state index in [9.17, 15) is 4.79 Å². The number of nitrogens with two attached hydrogens (primary N) is 1. The maximum atomic E-state index is 12.4. The van der Waals surface area contributed by atoms with Gasteiger partial charge in [-0.15, -0.1) is 0 Å². The summed E-state index contributed by atoms with van der Waals surface area (Å²) in [6.07, 6.45) is 0.281. The first-order valence-corrected chi connectivity index (χ1v) is 6.59. The molecule has 0 aliphatic heterocycles. The molecule has 1 aromatic carbocycles. The quantitative estimate of drug-likeness (QED) is 0.811. The molecule has 0 bridgehead atoms. The third-order valence-corrected chi connectivity index (χ3v) is 3.09. The minimum absolute atomic E-state index is 0.189. The van der Waals surface area contributed by atoms with E-state index < -0.39 is 0 Å². The zero-order chi connectivity index (χ0) is 14.3. The molecule has 0 spiro atoms. The Morgan fingerprint density at radius 1 is 1.53 bits per heavy atom. The lowest BCUT2D eigenvalue weighted by Gasteiger charge is -2.22. The van der Waals surface area contributed by atoms with Gasteiger partial charge in [0.2, 0.25) is 0 Å². The van der Waals surface area contributed by atoms with Crippen molar-refractivity contribution in [2.45, 2.75) is 6.42 Å². The summed E-state index contributed by atoms with van der Waals surface area (Å²) in [6, 6.07) is 7.17. The van der Waals surface area contributed by atoms with Crippen molar-refractivity contribution in [2.24, 2.45) is 0 Å². The van der Waals surface area contributed by atoms with Gasteiger partial charge in [-0.05, 0) is 18.2 Å². The van der Waals surface area contributed by atoms with Crippen LogP contribution in [0.2, 0.25) is 0 Å². The molecule has 102 valence electrons. The first-order valence-electron chi connectivity index (χ1n) is 5.80. The number of nitrogen functional groups attached to an aromatic ring is 1. The maximum Gasteiger partial charge on any atom is 0.256 e. The van der Waals surface area contributed by atoms with E-state index in [1.165, 1.54) is 0 Å². The fourth-order valence-electron chi connectivity index (χ4n) is 1.59. The van der Waals surface area contributed by atoms with Crippen molar-refractivity contribution in [3.05, 3.63) is 28.2 Å². The van der Waals surface area contributed by atoms with Gasteiger partial charge in [0, 0.05) is 30.4 Å². The molecule has 5 nitrogen and oxygen atoms in total. The molecule has 19 heavy (non-hydrogen) atoms. The van der Waals surface area contributed by atoms with E-state index in [4.69, 9.17) is 15.7 Å². The lowest BCUT2D eigenvalue weighted by Crippen LogP contribution is -2.35. The summed E-state index contributed by atoms with van der Waals surface area (Å²) in [5.74, 6) is -0.189. The van der Waals surface area contributed by atoms with Crippen LogP contribution >= 0.6 is 15.9 Å². The van der Waals surface area contributed by atoms with E-state index in [2.05, 4.69) is 15.9 Å². The second-order valence-corrected chi connectivity index (χ2v) is 4.84. The molecule has 6 heteroatoms. The third kappa shape index (κ3) is 4.54.